The number of aliphatic hydroxyl groups is 1. The quantitative estimate of drug-likeness (QED) is 0.239. The number of hydrogen-bond donors (Lipinski definition) is 2. The van der Waals surface area contributed by atoms with E-state index in [1.807, 2.05) is 31.2 Å². The number of alkyl halides is 2. The number of rotatable bonds is 8. The molecule has 0 bridgehead atoms. The third-order valence-electron chi connectivity index (χ3n) is 6.09. The SMILES string of the molecule is CCC(C)c1ccc(N=C(N)/N=C(C)/C(C)=C/C=C(\C)OC2CCN(C(=O)CO)CC2(F)F)cc1. The second-order valence-electron chi connectivity index (χ2n) is 8.82. The van der Waals surface area contributed by atoms with Crippen LogP contribution < -0.4 is 5.73 Å². The van der Waals surface area contributed by atoms with Crippen LogP contribution in [0.25, 0.3) is 0 Å². The van der Waals surface area contributed by atoms with Crippen molar-refractivity contribution >= 4 is 23.3 Å². The third kappa shape index (κ3) is 8.28. The average molecular weight is 491 g/mol. The highest BCUT2D eigenvalue weighted by Gasteiger charge is 2.47. The molecule has 35 heavy (non-hydrogen) atoms. The summed E-state index contributed by atoms with van der Waals surface area (Å²) in [4.78, 5) is 21.1. The largest absolute Gasteiger partial charge is 0.489 e. The van der Waals surface area contributed by atoms with Crippen molar-refractivity contribution in [3.8, 4) is 0 Å². The van der Waals surface area contributed by atoms with Crippen molar-refractivity contribution in [2.45, 2.75) is 65.4 Å². The molecule has 2 rings (SSSR count). The summed E-state index contributed by atoms with van der Waals surface area (Å²) in [5.41, 5.74) is 9.35. The molecule has 0 saturated carbocycles. The smallest absolute Gasteiger partial charge is 0.301 e. The van der Waals surface area contributed by atoms with Crippen molar-refractivity contribution < 1.29 is 23.4 Å². The lowest BCUT2D eigenvalue weighted by atomic mass is 9.99. The molecule has 3 N–H and O–H groups in total. The molecule has 1 aromatic rings. The van der Waals surface area contributed by atoms with Crippen molar-refractivity contribution in [2.24, 2.45) is 15.7 Å². The van der Waals surface area contributed by atoms with Gasteiger partial charge in [0, 0.05) is 18.7 Å². The molecule has 192 valence electrons. The molecule has 1 saturated heterocycles. The van der Waals surface area contributed by atoms with Gasteiger partial charge in [-0.2, -0.15) is 0 Å². The maximum absolute atomic E-state index is 14.4. The Bertz CT molecular complexity index is 1000. The Morgan fingerprint density at radius 1 is 1.29 bits per heavy atom. The number of amides is 1. The fourth-order valence-electron chi connectivity index (χ4n) is 3.53. The van der Waals surface area contributed by atoms with Gasteiger partial charge in [0.2, 0.25) is 11.9 Å². The number of aliphatic imine (C=N–C) groups is 2. The van der Waals surface area contributed by atoms with Crippen LogP contribution in [0.2, 0.25) is 0 Å². The van der Waals surface area contributed by atoms with Crippen molar-refractivity contribution in [3.05, 3.63) is 53.3 Å². The molecule has 7 nitrogen and oxygen atoms in total. The lowest BCUT2D eigenvalue weighted by molar-refractivity contribution is -0.171. The molecule has 0 aromatic heterocycles. The lowest BCUT2D eigenvalue weighted by Gasteiger charge is -2.38. The highest BCUT2D eigenvalue weighted by atomic mass is 19.3. The normalized spacial score (nSPS) is 20.6. The molecule has 1 amide bonds. The van der Waals surface area contributed by atoms with E-state index < -0.39 is 31.1 Å². The van der Waals surface area contributed by atoms with Gasteiger partial charge in [-0.15, -0.1) is 0 Å². The van der Waals surface area contributed by atoms with Crippen LogP contribution in [-0.4, -0.2) is 59.3 Å². The monoisotopic (exact) mass is 490 g/mol. The number of carbonyl (C=O) groups excluding carboxylic acids is 1. The number of allylic oxidation sites excluding steroid dienone is 4. The maximum Gasteiger partial charge on any atom is 0.301 e. The van der Waals surface area contributed by atoms with Gasteiger partial charge in [-0.25, -0.2) is 18.8 Å². The van der Waals surface area contributed by atoms with Gasteiger partial charge in [-0.3, -0.25) is 4.79 Å². The van der Waals surface area contributed by atoms with Gasteiger partial charge in [-0.05, 0) is 62.5 Å². The summed E-state index contributed by atoms with van der Waals surface area (Å²) in [5.74, 6) is -3.02. The topological polar surface area (TPSA) is 101 Å². The number of aliphatic hydroxyl groups excluding tert-OH is 1. The molecule has 1 fully saturated rings. The molecule has 1 aliphatic rings. The number of ether oxygens (including phenoxy) is 1. The summed E-state index contributed by atoms with van der Waals surface area (Å²) in [6.45, 7) is 8.06. The fraction of sp³-hybridized carbons (Fsp3) is 0.500. The third-order valence-corrected chi connectivity index (χ3v) is 6.09. The van der Waals surface area contributed by atoms with Crippen molar-refractivity contribution in [1.29, 1.82) is 0 Å². The zero-order valence-electron chi connectivity index (χ0n) is 21.1. The molecular weight excluding hydrogens is 454 g/mol. The van der Waals surface area contributed by atoms with Gasteiger partial charge in [-0.1, -0.05) is 32.1 Å². The van der Waals surface area contributed by atoms with Crippen LogP contribution in [0, 0.1) is 0 Å². The molecule has 9 heteroatoms. The number of benzene rings is 1. The summed E-state index contributed by atoms with van der Waals surface area (Å²) in [6.07, 6.45) is 2.99. The van der Waals surface area contributed by atoms with E-state index in [0.717, 1.165) is 16.9 Å². The van der Waals surface area contributed by atoms with Crippen molar-refractivity contribution in [3.63, 3.8) is 0 Å². The zero-order chi connectivity index (χ0) is 26.2. The number of guanidine groups is 1. The molecule has 1 heterocycles. The van der Waals surface area contributed by atoms with Gasteiger partial charge < -0.3 is 20.5 Å². The van der Waals surface area contributed by atoms with E-state index in [9.17, 15) is 13.6 Å². The van der Waals surface area contributed by atoms with E-state index in [1.54, 1.807) is 26.0 Å². The predicted octanol–water partition coefficient (Wildman–Crippen LogP) is 4.70. The molecular formula is C26H36F2N4O3. The number of likely N-dealkylation sites (tertiary alicyclic amines) is 1. The van der Waals surface area contributed by atoms with Crippen LogP contribution in [0.1, 0.15) is 58.9 Å². The minimum atomic E-state index is -3.22. The summed E-state index contributed by atoms with van der Waals surface area (Å²) in [7, 11) is 0. The number of nitrogens with zero attached hydrogens (tertiary/aromatic N) is 3. The fourth-order valence-corrected chi connectivity index (χ4v) is 3.53. The Morgan fingerprint density at radius 2 is 1.94 bits per heavy atom. The van der Waals surface area contributed by atoms with E-state index in [4.69, 9.17) is 15.6 Å². The Kier molecular flexibility index (Phi) is 10.1. The second-order valence-corrected chi connectivity index (χ2v) is 8.82. The highest BCUT2D eigenvalue weighted by molar-refractivity contribution is 6.05. The average Bonchev–Trinajstić information content (AvgIpc) is 2.82. The molecule has 0 radical (unpaired) electrons. The number of halogens is 2. The highest BCUT2D eigenvalue weighted by Crippen LogP contribution is 2.31. The van der Waals surface area contributed by atoms with Gasteiger partial charge >= 0.3 is 5.92 Å². The Labute approximate surface area is 206 Å². The summed E-state index contributed by atoms with van der Waals surface area (Å²) < 4.78 is 34.3. The van der Waals surface area contributed by atoms with Gasteiger partial charge in [0.25, 0.3) is 0 Å². The van der Waals surface area contributed by atoms with E-state index in [2.05, 4.69) is 23.8 Å². The summed E-state index contributed by atoms with van der Waals surface area (Å²) in [5, 5.41) is 8.89. The number of piperidine rings is 1. The van der Waals surface area contributed by atoms with Crippen LogP contribution in [-0.2, 0) is 9.53 Å². The van der Waals surface area contributed by atoms with Crippen LogP contribution >= 0.6 is 0 Å². The van der Waals surface area contributed by atoms with Gasteiger partial charge in [0.15, 0.2) is 6.10 Å². The van der Waals surface area contributed by atoms with Crippen LogP contribution in [0.4, 0.5) is 14.5 Å². The van der Waals surface area contributed by atoms with E-state index in [-0.39, 0.29) is 18.9 Å². The first-order valence-corrected chi connectivity index (χ1v) is 11.7. The first kappa shape index (κ1) is 28.2. The van der Waals surface area contributed by atoms with Crippen molar-refractivity contribution in [2.75, 3.05) is 19.7 Å². The molecule has 1 aliphatic heterocycles. The van der Waals surface area contributed by atoms with Crippen molar-refractivity contribution in [1.82, 2.24) is 4.90 Å². The number of nitrogens with two attached hydrogens (primary N) is 1. The Morgan fingerprint density at radius 3 is 2.51 bits per heavy atom. The summed E-state index contributed by atoms with van der Waals surface area (Å²) in [6, 6.07) is 7.89. The van der Waals surface area contributed by atoms with Crippen LogP contribution in [0.5, 0.6) is 0 Å². The zero-order valence-corrected chi connectivity index (χ0v) is 21.1. The van der Waals surface area contributed by atoms with Gasteiger partial charge in [0.1, 0.15) is 6.61 Å². The minimum absolute atomic E-state index is 0.0293. The standard InChI is InChI=1S/C26H36F2N4O3/c1-6-17(2)21-9-11-22(12-10-21)31-25(29)30-20(5)18(3)7-8-19(4)35-23-13-14-32(24(34)15-33)16-26(23,27)28/h7-12,17,23,33H,6,13-16H2,1-5H3,(H2,29,31)/b18-7+,19-8+,30-20+. The molecule has 0 spiro atoms. The lowest BCUT2D eigenvalue weighted by Crippen LogP contribution is -2.54. The van der Waals surface area contributed by atoms with Crippen LogP contribution in [0.15, 0.2) is 57.7 Å². The van der Waals surface area contributed by atoms with Crippen LogP contribution in [0.3, 0.4) is 0 Å². The minimum Gasteiger partial charge on any atom is -0.489 e. The molecule has 0 aliphatic carbocycles. The Balaban J connectivity index is 2.02. The van der Waals surface area contributed by atoms with E-state index in [0.29, 0.717) is 23.1 Å². The predicted molar refractivity (Wildman–Crippen MR) is 135 cm³/mol. The van der Waals surface area contributed by atoms with E-state index >= 15 is 0 Å². The molecule has 2 unspecified atom stereocenters. The molecule has 1 aromatic carbocycles. The molecule has 2 atom stereocenters. The second kappa shape index (κ2) is 12.6. The Hall–Kier alpha value is -3.07. The first-order valence-electron chi connectivity index (χ1n) is 11.7. The first-order chi connectivity index (χ1) is 16.5. The van der Waals surface area contributed by atoms with Gasteiger partial charge in [0.05, 0.1) is 18.0 Å². The maximum atomic E-state index is 14.4. The van der Waals surface area contributed by atoms with E-state index in [1.165, 1.54) is 5.56 Å². The summed E-state index contributed by atoms with van der Waals surface area (Å²) >= 11 is 0. The number of carbonyl (C=O) groups is 1. The number of hydrogen-bond acceptors (Lipinski definition) is 4.